The van der Waals surface area contributed by atoms with Crippen LogP contribution in [0.2, 0.25) is 0 Å². The van der Waals surface area contributed by atoms with Crippen LogP contribution in [0.3, 0.4) is 0 Å². The summed E-state index contributed by atoms with van der Waals surface area (Å²) in [6.07, 6.45) is 3.16. The lowest BCUT2D eigenvalue weighted by Gasteiger charge is -2.07. The molecule has 2 aromatic carbocycles. The lowest BCUT2D eigenvalue weighted by Crippen LogP contribution is -2.11. The molecule has 0 radical (unpaired) electrons. The van der Waals surface area contributed by atoms with Crippen LogP contribution in [0.5, 0.6) is 5.75 Å². The molecule has 0 saturated carbocycles. The van der Waals surface area contributed by atoms with Crippen LogP contribution in [-0.2, 0) is 9.84 Å². The number of unbranched alkanes of at least 4 members (excludes halogenated alkanes) is 1. The summed E-state index contributed by atoms with van der Waals surface area (Å²) in [6.45, 7) is 2.70. The average Bonchev–Trinajstić information content (AvgIpc) is 3.03. The van der Waals surface area contributed by atoms with E-state index in [9.17, 15) is 13.2 Å². The summed E-state index contributed by atoms with van der Waals surface area (Å²) in [5.41, 5.74) is 1.11. The SMILES string of the molecule is CCCCOc1cccc(C(=O)Nc2nc3ccc(S(C)(=O)=O)cc3s2)c1. The Kier molecular flexibility index (Phi) is 5.76. The maximum atomic E-state index is 12.5. The molecule has 0 aliphatic heterocycles. The first kappa shape index (κ1) is 19.3. The number of hydrogen-bond acceptors (Lipinski definition) is 6. The van der Waals surface area contributed by atoms with Crippen LogP contribution in [0.15, 0.2) is 47.4 Å². The number of ether oxygens (including phenoxy) is 1. The fourth-order valence-corrected chi connectivity index (χ4v) is 4.04. The molecule has 27 heavy (non-hydrogen) atoms. The van der Waals surface area contributed by atoms with Gasteiger partial charge in [0.05, 0.1) is 21.7 Å². The molecule has 1 N–H and O–H groups in total. The summed E-state index contributed by atoms with van der Waals surface area (Å²) in [7, 11) is -3.29. The van der Waals surface area contributed by atoms with Gasteiger partial charge < -0.3 is 4.74 Å². The van der Waals surface area contributed by atoms with Crippen molar-refractivity contribution in [1.29, 1.82) is 0 Å². The van der Waals surface area contributed by atoms with Gasteiger partial charge in [-0.25, -0.2) is 13.4 Å². The van der Waals surface area contributed by atoms with Crippen molar-refractivity contribution in [3.8, 4) is 5.75 Å². The Balaban J connectivity index is 1.77. The number of carbonyl (C=O) groups is 1. The zero-order chi connectivity index (χ0) is 19.4. The number of aromatic nitrogens is 1. The van der Waals surface area contributed by atoms with E-state index in [1.165, 1.54) is 17.4 Å². The largest absolute Gasteiger partial charge is 0.494 e. The molecule has 0 aliphatic carbocycles. The molecule has 3 aromatic rings. The molecule has 0 spiro atoms. The average molecular weight is 405 g/mol. The zero-order valence-electron chi connectivity index (χ0n) is 15.1. The molecule has 0 atom stereocenters. The third-order valence-electron chi connectivity index (χ3n) is 3.87. The Morgan fingerprint density at radius 1 is 1.22 bits per heavy atom. The van der Waals surface area contributed by atoms with E-state index in [1.807, 2.05) is 6.07 Å². The van der Waals surface area contributed by atoms with Crippen LogP contribution in [0.25, 0.3) is 10.2 Å². The van der Waals surface area contributed by atoms with Gasteiger partial charge in [-0.1, -0.05) is 30.7 Å². The number of anilines is 1. The number of rotatable bonds is 7. The van der Waals surface area contributed by atoms with Gasteiger partial charge in [-0.2, -0.15) is 0 Å². The zero-order valence-corrected chi connectivity index (χ0v) is 16.7. The number of sulfone groups is 1. The van der Waals surface area contributed by atoms with Gasteiger partial charge in [0.2, 0.25) is 0 Å². The number of nitrogens with zero attached hydrogens (tertiary/aromatic N) is 1. The molecule has 6 nitrogen and oxygen atoms in total. The molecule has 0 aliphatic rings. The molecular weight excluding hydrogens is 384 g/mol. The van der Waals surface area contributed by atoms with E-state index >= 15 is 0 Å². The van der Waals surface area contributed by atoms with E-state index in [2.05, 4.69) is 17.2 Å². The van der Waals surface area contributed by atoms with Crippen LogP contribution in [0.4, 0.5) is 5.13 Å². The molecular formula is C19H20N2O4S2. The van der Waals surface area contributed by atoms with Crippen LogP contribution in [0, 0.1) is 0 Å². The molecule has 1 aromatic heterocycles. The maximum absolute atomic E-state index is 12.5. The molecule has 1 heterocycles. The Bertz CT molecular complexity index is 1070. The molecule has 0 bridgehead atoms. The van der Waals surface area contributed by atoms with Crippen LogP contribution >= 0.6 is 11.3 Å². The Hall–Kier alpha value is -2.45. The van der Waals surface area contributed by atoms with Gasteiger partial charge in [-0.3, -0.25) is 10.1 Å². The molecule has 3 rings (SSSR count). The predicted octanol–water partition coefficient (Wildman–Crippen LogP) is 4.13. The summed E-state index contributed by atoms with van der Waals surface area (Å²) < 4.78 is 29.7. The topological polar surface area (TPSA) is 85.4 Å². The molecule has 8 heteroatoms. The third kappa shape index (κ3) is 4.84. The minimum absolute atomic E-state index is 0.230. The predicted molar refractivity (Wildman–Crippen MR) is 108 cm³/mol. The number of nitrogens with one attached hydrogen (secondary N) is 1. The first-order valence-corrected chi connectivity index (χ1v) is 11.2. The van der Waals surface area contributed by atoms with Crippen molar-refractivity contribution in [2.24, 2.45) is 0 Å². The van der Waals surface area contributed by atoms with Crippen LogP contribution in [0.1, 0.15) is 30.1 Å². The fraction of sp³-hybridized carbons (Fsp3) is 0.263. The molecule has 0 unspecified atom stereocenters. The van der Waals surface area contributed by atoms with E-state index < -0.39 is 9.84 Å². The highest BCUT2D eigenvalue weighted by molar-refractivity contribution is 7.90. The van der Waals surface area contributed by atoms with E-state index in [0.717, 1.165) is 19.1 Å². The van der Waals surface area contributed by atoms with Crippen molar-refractivity contribution in [3.05, 3.63) is 48.0 Å². The van der Waals surface area contributed by atoms with E-state index in [-0.39, 0.29) is 10.8 Å². The number of carbonyl (C=O) groups excluding carboxylic acids is 1. The first-order chi connectivity index (χ1) is 12.9. The number of hydrogen-bond donors (Lipinski definition) is 1. The normalized spacial score (nSPS) is 11.5. The number of amides is 1. The fourth-order valence-electron chi connectivity index (χ4n) is 2.42. The lowest BCUT2D eigenvalue weighted by atomic mass is 10.2. The third-order valence-corrected chi connectivity index (χ3v) is 5.92. The smallest absolute Gasteiger partial charge is 0.257 e. The number of thiazole rings is 1. The first-order valence-electron chi connectivity index (χ1n) is 8.51. The molecule has 0 saturated heterocycles. The highest BCUT2D eigenvalue weighted by Gasteiger charge is 2.13. The monoisotopic (exact) mass is 404 g/mol. The highest BCUT2D eigenvalue weighted by Crippen LogP contribution is 2.28. The Morgan fingerprint density at radius 2 is 2.04 bits per heavy atom. The van der Waals surface area contributed by atoms with E-state index in [0.29, 0.717) is 33.3 Å². The van der Waals surface area contributed by atoms with Crippen molar-refractivity contribution >= 4 is 42.4 Å². The number of fused-ring (bicyclic) bond motifs is 1. The summed E-state index contributed by atoms with van der Waals surface area (Å²) >= 11 is 1.23. The van der Waals surface area contributed by atoms with Gasteiger partial charge in [0.1, 0.15) is 5.75 Å². The van der Waals surface area contributed by atoms with Gasteiger partial charge in [0, 0.05) is 11.8 Å². The van der Waals surface area contributed by atoms with Gasteiger partial charge in [-0.15, -0.1) is 0 Å². The standard InChI is InChI=1S/C19H20N2O4S2/c1-3-4-10-25-14-7-5-6-13(11-14)18(22)21-19-20-16-9-8-15(27(2,23)24)12-17(16)26-19/h5-9,11-12H,3-4,10H2,1-2H3,(H,20,21,22). The van der Waals surface area contributed by atoms with Gasteiger partial charge in [-0.05, 0) is 42.8 Å². The van der Waals surface area contributed by atoms with E-state index in [1.54, 1.807) is 30.3 Å². The Morgan fingerprint density at radius 3 is 2.78 bits per heavy atom. The molecule has 0 fully saturated rings. The minimum Gasteiger partial charge on any atom is -0.494 e. The second-order valence-corrected chi connectivity index (χ2v) is 9.15. The van der Waals surface area contributed by atoms with Crippen molar-refractivity contribution in [3.63, 3.8) is 0 Å². The van der Waals surface area contributed by atoms with Crippen molar-refractivity contribution in [2.45, 2.75) is 24.7 Å². The Labute approximate surface area is 162 Å². The minimum atomic E-state index is -3.29. The van der Waals surface area contributed by atoms with Gasteiger partial charge in [0.15, 0.2) is 15.0 Å². The summed E-state index contributed by atoms with van der Waals surface area (Å²) in [4.78, 5) is 17.1. The van der Waals surface area contributed by atoms with Gasteiger partial charge >= 0.3 is 0 Å². The quantitative estimate of drug-likeness (QED) is 0.599. The molecule has 1 amide bonds. The van der Waals surface area contributed by atoms with Crippen molar-refractivity contribution < 1.29 is 17.9 Å². The summed E-state index contributed by atoms with van der Waals surface area (Å²) in [5.74, 6) is 0.358. The lowest BCUT2D eigenvalue weighted by molar-refractivity contribution is 0.102. The number of benzene rings is 2. The summed E-state index contributed by atoms with van der Waals surface area (Å²) in [5, 5.41) is 3.18. The second-order valence-electron chi connectivity index (χ2n) is 6.10. The van der Waals surface area contributed by atoms with Crippen LogP contribution in [-0.4, -0.2) is 32.2 Å². The summed E-state index contributed by atoms with van der Waals surface area (Å²) in [6, 6.07) is 11.7. The van der Waals surface area contributed by atoms with E-state index in [4.69, 9.17) is 4.74 Å². The van der Waals surface area contributed by atoms with Gasteiger partial charge in [0.25, 0.3) is 5.91 Å². The molecule has 142 valence electrons. The highest BCUT2D eigenvalue weighted by atomic mass is 32.2. The van der Waals surface area contributed by atoms with Crippen molar-refractivity contribution in [2.75, 3.05) is 18.2 Å². The van der Waals surface area contributed by atoms with Crippen molar-refractivity contribution in [1.82, 2.24) is 4.98 Å². The van der Waals surface area contributed by atoms with Crippen LogP contribution < -0.4 is 10.1 Å². The maximum Gasteiger partial charge on any atom is 0.257 e. The second kappa shape index (κ2) is 8.06.